The highest BCUT2D eigenvalue weighted by molar-refractivity contribution is 9.10. The summed E-state index contributed by atoms with van der Waals surface area (Å²) in [6.45, 7) is 0.163. The van der Waals surface area contributed by atoms with Crippen LogP contribution in [0.4, 0.5) is 0 Å². The highest BCUT2D eigenvalue weighted by Gasteiger charge is 2.17. The summed E-state index contributed by atoms with van der Waals surface area (Å²) in [4.78, 5) is 11.1. The maximum atomic E-state index is 12.2. The molecule has 21 heavy (non-hydrogen) atoms. The zero-order valence-electron chi connectivity index (χ0n) is 10.7. The molecule has 1 aromatic carbocycles. The fourth-order valence-electron chi connectivity index (χ4n) is 1.63. The molecule has 0 amide bonds. The van der Waals surface area contributed by atoms with Crippen molar-refractivity contribution < 1.29 is 18.3 Å². The summed E-state index contributed by atoms with van der Waals surface area (Å²) >= 11 is 4.32. The Bertz CT molecular complexity index is 755. The van der Waals surface area contributed by atoms with E-state index >= 15 is 0 Å². The number of carboxylic acids is 1. The molecule has 0 bridgehead atoms. The second kappa shape index (κ2) is 6.69. The van der Waals surface area contributed by atoms with Crippen LogP contribution >= 0.6 is 27.3 Å². The Morgan fingerprint density at radius 3 is 2.62 bits per heavy atom. The van der Waals surface area contributed by atoms with Crippen molar-refractivity contribution in [1.82, 2.24) is 4.72 Å². The van der Waals surface area contributed by atoms with Crippen LogP contribution in [0.25, 0.3) is 0 Å². The summed E-state index contributed by atoms with van der Waals surface area (Å²) in [5.74, 6) is -0.984. The largest absolute Gasteiger partial charge is 0.481 e. The van der Waals surface area contributed by atoms with Crippen molar-refractivity contribution in [2.75, 3.05) is 0 Å². The lowest BCUT2D eigenvalue weighted by Crippen LogP contribution is -2.22. The van der Waals surface area contributed by atoms with E-state index in [1.807, 2.05) is 24.3 Å². The molecule has 5 nitrogen and oxygen atoms in total. The molecule has 0 saturated carbocycles. The molecule has 1 heterocycles. The Morgan fingerprint density at radius 2 is 1.95 bits per heavy atom. The van der Waals surface area contributed by atoms with Crippen LogP contribution in [0.1, 0.15) is 10.4 Å². The quantitative estimate of drug-likeness (QED) is 0.795. The molecular weight excluding hydrogens is 378 g/mol. The molecule has 0 unspecified atom stereocenters. The van der Waals surface area contributed by atoms with Gasteiger partial charge in [-0.3, -0.25) is 4.79 Å². The molecule has 2 aromatic rings. The van der Waals surface area contributed by atoms with E-state index in [0.29, 0.717) is 4.88 Å². The first-order valence-corrected chi connectivity index (χ1v) is 9.01. The van der Waals surface area contributed by atoms with Gasteiger partial charge in [-0.05, 0) is 23.8 Å². The second-order valence-electron chi connectivity index (χ2n) is 4.21. The summed E-state index contributed by atoms with van der Waals surface area (Å²) < 4.78 is 27.8. The average Bonchev–Trinajstić information content (AvgIpc) is 2.86. The van der Waals surface area contributed by atoms with Gasteiger partial charge in [0.1, 0.15) is 4.21 Å². The topological polar surface area (TPSA) is 83.5 Å². The molecule has 0 spiro atoms. The van der Waals surface area contributed by atoms with Crippen LogP contribution < -0.4 is 4.72 Å². The molecule has 0 aliphatic carbocycles. The van der Waals surface area contributed by atoms with Crippen molar-refractivity contribution in [1.29, 1.82) is 0 Å². The van der Waals surface area contributed by atoms with Gasteiger partial charge in [-0.25, -0.2) is 13.1 Å². The van der Waals surface area contributed by atoms with Crippen molar-refractivity contribution in [3.8, 4) is 0 Å². The van der Waals surface area contributed by atoms with Gasteiger partial charge in [0.15, 0.2) is 0 Å². The van der Waals surface area contributed by atoms with Crippen molar-refractivity contribution in [3.63, 3.8) is 0 Å². The van der Waals surface area contributed by atoms with Crippen molar-refractivity contribution in [2.24, 2.45) is 0 Å². The molecule has 0 atom stereocenters. The summed E-state index contributed by atoms with van der Waals surface area (Å²) in [6.07, 6.45) is -0.176. The van der Waals surface area contributed by atoms with Crippen LogP contribution in [0.3, 0.4) is 0 Å². The molecule has 2 rings (SSSR count). The number of thiophene rings is 1. The van der Waals surface area contributed by atoms with E-state index in [1.54, 1.807) is 0 Å². The van der Waals surface area contributed by atoms with Crippen LogP contribution in [0.2, 0.25) is 0 Å². The third-order valence-electron chi connectivity index (χ3n) is 2.64. The number of benzene rings is 1. The fraction of sp³-hybridized carbons (Fsp3) is 0.154. The Hall–Kier alpha value is -1.22. The van der Waals surface area contributed by atoms with Crippen LogP contribution in [0, 0.1) is 0 Å². The number of sulfonamides is 1. The number of halogens is 1. The standard InChI is InChI=1S/C13H12BrNO4S2/c14-11-4-2-1-3-9(11)8-15-21(18,19)13-6-5-10(20-13)7-12(16)17/h1-6,15H,7-8H2,(H,16,17). The van der Waals surface area contributed by atoms with Crippen LogP contribution in [0.5, 0.6) is 0 Å². The maximum absolute atomic E-state index is 12.2. The second-order valence-corrected chi connectivity index (χ2v) is 8.22. The van der Waals surface area contributed by atoms with E-state index in [1.165, 1.54) is 12.1 Å². The minimum atomic E-state index is -3.64. The zero-order valence-corrected chi connectivity index (χ0v) is 14.0. The van der Waals surface area contributed by atoms with Gasteiger partial charge in [-0.2, -0.15) is 0 Å². The Morgan fingerprint density at radius 1 is 1.24 bits per heavy atom. The monoisotopic (exact) mass is 389 g/mol. The van der Waals surface area contributed by atoms with Crippen molar-refractivity contribution >= 4 is 43.3 Å². The van der Waals surface area contributed by atoms with Gasteiger partial charge in [0, 0.05) is 15.9 Å². The van der Waals surface area contributed by atoms with Gasteiger partial charge >= 0.3 is 5.97 Å². The molecule has 0 saturated heterocycles. The SMILES string of the molecule is O=C(O)Cc1ccc(S(=O)(=O)NCc2ccccc2Br)s1. The number of hydrogen-bond acceptors (Lipinski definition) is 4. The van der Waals surface area contributed by atoms with Crippen LogP contribution in [0.15, 0.2) is 45.1 Å². The lowest BCUT2D eigenvalue weighted by molar-refractivity contribution is -0.136. The number of hydrogen-bond donors (Lipinski definition) is 2. The maximum Gasteiger partial charge on any atom is 0.308 e. The van der Waals surface area contributed by atoms with E-state index < -0.39 is 16.0 Å². The lowest BCUT2D eigenvalue weighted by Gasteiger charge is -2.06. The molecule has 0 radical (unpaired) electrons. The summed E-state index contributed by atoms with van der Waals surface area (Å²) in [5, 5.41) is 8.70. The zero-order chi connectivity index (χ0) is 15.5. The molecule has 8 heteroatoms. The number of rotatable bonds is 6. The average molecular weight is 390 g/mol. The molecule has 1 aromatic heterocycles. The first-order valence-electron chi connectivity index (χ1n) is 5.92. The molecule has 0 aliphatic heterocycles. The Kier molecular flexibility index (Phi) is 5.15. The van der Waals surface area contributed by atoms with Gasteiger partial charge in [0.05, 0.1) is 6.42 Å². The first-order chi connectivity index (χ1) is 9.88. The lowest BCUT2D eigenvalue weighted by atomic mass is 10.2. The van der Waals surface area contributed by atoms with Gasteiger partial charge in [0.2, 0.25) is 10.0 Å². The smallest absolute Gasteiger partial charge is 0.308 e. The molecule has 2 N–H and O–H groups in total. The summed E-state index contributed by atoms with van der Waals surface area (Å²) in [7, 11) is -3.64. The minimum Gasteiger partial charge on any atom is -0.481 e. The minimum absolute atomic E-state index is 0.116. The molecule has 112 valence electrons. The van der Waals surface area contributed by atoms with Gasteiger partial charge in [0.25, 0.3) is 0 Å². The van der Waals surface area contributed by atoms with Crippen molar-refractivity contribution in [2.45, 2.75) is 17.2 Å². The van der Waals surface area contributed by atoms with E-state index in [2.05, 4.69) is 20.7 Å². The van der Waals surface area contributed by atoms with Gasteiger partial charge in [-0.15, -0.1) is 11.3 Å². The Labute approximate surface area is 134 Å². The van der Waals surface area contributed by atoms with E-state index in [-0.39, 0.29) is 17.2 Å². The summed E-state index contributed by atoms with van der Waals surface area (Å²) in [5.41, 5.74) is 0.823. The predicted octanol–water partition coefficient (Wildman–Crippen LogP) is 2.62. The summed E-state index contributed by atoms with van der Waals surface area (Å²) in [6, 6.07) is 10.3. The van der Waals surface area contributed by atoms with Crippen LogP contribution in [-0.4, -0.2) is 19.5 Å². The number of aliphatic carboxylic acids is 1. The third kappa shape index (κ3) is 4.37. The number of carbonyl (C=O) groups is 1. The van der Waals surface area contributed by atoms with Crippen molar-refractivity contribution in [3.05, 3.63) is 51.3 Å². The van der Waals surface area contributed by atoms with E-state index in [0.717, 1.165) is 21.4 Å². The molecule has 0 aliphatic rings. The fourth-order valence-corrected chi connectivity index (χ4v) is 4.46. The number of carboxylic acid groups (broad SMARTS) is 1. The normalized spacial score (nSPS) is 11.5. The Balaban J connectivity index is 2.10. The predicted molar refractivity (Wildman–Crippen MR) is 83.8 cm³/mol. The van der Waals surface area contributed by atoms with Gasteiger partial charge < -0.3 is 5.11 Å². The molecular formula is C13H12BrNO4S2. The van der Waals surface area contributed by atoms with E-state index in [9.17, 15) is 13.2 Å². The van der Waals surface area contributed by atoms with Gasteiger partial charge in [-0.1, -0.05) is 34.1 Å². The van der Waals surface area contributed by atoms with Crippen LogP contribution in [-0.2, 0) is 27.8 Å². The highest BCUT2D eigenvalue weighted by atomic mass is 79.9. The van der Waals surface area contributed by atoms with E-state index in [4.69, 9.17) is 5.11 Å². The third-order valence-corrected chi connectivity index (χ3v) is 6.39. The molecule has 0 fully saturated rings. The number of nitrogens with one attached hydrogen (secondary N) is 1. The first kappa shape index (κ1) is 16.2. The highest BCUT2D eigenvalue weighted by Crippen LogP contribution is 2.23.